The second kappa shape index (κ2) is 2.23. The van der Waals surface area contributed by atoms with Crippen LogP contribution < -0.4 is 0 Å². The molecular weight excluding hydrogens is 168 g/mol. The lowest BCUT2D eigenvalue weighted by molar-refractivity contribution is -0.0784. The third-order valence-corrected chi connectivity index (χ3v) is 6.30. The summed E-state index contributed by atoms with van der Waals surface area (Å²) in [5.41, 5.74) is 1.70. The molecule has 0 heterocycles. The molecule has 14 heavy (non-hydrogen) atoms. The van der Waals surface area contributed by atoms with Crippen LogP contribution in [0, 0.1) is 40.4 Å². The zero-order valence-corrected chi connectivity index (χ0v) is 10.3. The van der Waals surface area contributed by atoms with E-state index in [4.69, 9.17) is 0 Å². The van der Waals surface area contributed by atoms with Crippen molar-refractivity contribution in [1.82, 2.24) is 0 Å². The Morgan fingerprint density at radius 1 is 1.21 bits per heavy atom. The van der Waals surface area contributed by atoms with E-state index in [-0.39, 0.29) is 0 Å². The van der Waals surface area contributed by atoms with Crippen LogP contribution >= 0.6 is 0 Å². The summed E-state index contributed by atoms with van der Waals surface area (Å²) in [4.78, 5) is 0. The van der Waals surface area contributed by atoms with Crippen LogP contribution in [0.3, 0.4) is 0 Å². The molecule has 0 amide bonds. The lowest BCUT2D eigenvalue weighted by Crippen LogP contribution is -2.50. The molecule has 3 aliphatic carbocycles. The molecule has 3 rings (SSSR count). The van der Waals surface area contributed by atoms with E-state index in [1.165, 1.54) is 6.42 Å². The molecule has 0 N–H and O–H groups in total. The number of hydrogen-bond acceptors (Lipinski definition) is 0. The number of rotatable bonds is 3. The van der Waals surface area contributed by atoms with Crippen LogP contribution in [-0.2, 0) is 0 Å². The third kappa shape index (κ3) is 0.630. The largest absolute Gasteiger partial charge is 0.0651 e. The Morgan fingerprint density at radius 3 is 2.29 bits per heavy atom. The highest BCUT2D eigenvalue weighted by Gasteiger charge is 2.98. The maximum absolute atomic E-state index is 2.58. The first-order valence-electron chi connectivity index (χ1n) is 6.51. The van der Waals surface area contributed by atoms with Crippen LogP contribution in [0.1, 0.15) is 47.5 Å². The van der Waals surface area contributed by atoms with Gasteiger partial charge in [-0.15, -0.1) is 0 Å². The summed E-state index contributed by atoms with van der Waals surface area (Å²) < 4.78 is 0. The predicted octanol–water partition coefficient (Wildman–Crippen LogP) is 3.96. The van der Waals surface area contributed by atoms with Gasteiger partial charge in [0.2, 0.25) is 0 Å². The Bertz CT molecular complexity index is 280. The summed E-state index contributed by atoms with van der Waals surface area (Å²) in [5, 5.41) is 0. The lowest BCUT2D eigenvalue weighted by Gasteiger charge is -2.55. The molecule has 0 aromatic heterocycles. The Balaban J connectivity index is 1.85. The van der Waals surface area contributed by atoms with E-state index in [0.29, 0.717) is 0 Å². The van der Waals surface area contributed by atoms with Crippen LogP contribution in [0.5, 0.6) is 0 Å². The summed E-state index contributed by atoms with van der Waals surface area (Å²) in [6.45, 7) is 12.3. The normalized spacial score (nSPS) is 60.0. The fourth-order valence-electron chi connectivity index (χ4n) is 5.51. The monoisotopic (exact) mass is 192 g/mol. The molecule has 0 aromatic carbocycles. The quantitative estimate of drug-likeness (QED) is 0.635. The molecule has 0 heteroatoms. The zero-order chi connectivity index (χ0) is 10.3. The van der Waals surface area contributed by atoms with Crippen molar-refractivity contribution in [3.05, 3.63) is 0 Å². The van der Waals surface area contributed by atoms with E-state index < -0.39 is 0 Å². The highest BCUT2D eigenvalue weighted by atomic mass is 15.0. The molecule has 0 radical (unpaired) electrons. The van der Waals surface area contributed by atoms with E-state index in [2.05, 4.69) is 34.6 Å². The summed E-state index contributed by atoms with van der Waals surface area (Å²) in [7, 11) is 0. The maximum Gasteiger partial charge on any atom is -0.0167 e. The minimum atomic E-state index is 0.817. The van der Waals surface area contributed by atoms with Gasteiger partial charge >= 0.3 is 0 Å². The Kier molecular flexibility index (Phi) is 1.47. The minimum Gasteiger partial charge on any atom is -0.0651 e. The van der Waals surface area contributed by atoms with Gasteiger partial charge in [-0.25, -0.2) is 0 Å². The number of hydrogen-bond donors (Lipinski definition) is 0. The van der Waals surface area contributed by atoms with Crippen molar-refractivity contribution in [2.75, 3.05) is 0 Å². The molecule has 0 aliphatic heterocycles. The topological polar surface area (TPSA) is 0 Å². The molecule has 3 fully saturated rings. The van der Waals surface area contributed by atoms with Crippen LogP contribution in [-0.4, -0.2) is 0 Å². The van der Waals surface area contributed by atoms with E-state index in [1.54, 1.807) is 6.42 Å². The molecule has 0 saturated heterocycles. The van der Waals surface area contributed by atoms with Gasteiger partial charge in [0, 0.05) is 0 Å². The predicted molar refractivity (Wildman–Crippen MR) is 59.9 cm³/mol. The Labute approximate surface area is 88.5 Å². The molecule has 3 aliphatic rings. The zero-order valence-electron chi connectivity index (χ0n) is 10.3. The highest BCUT2D eigenvalue weighted by molar-refractivity contribution is 5.45. The van der Waals surface area contributed by atoms with Crippen LogP contribution in [0.2, 0.25) is 0 Å². The van der Waals surface area contributed by atoms with Gasteiger partial charge in [-0.3, -0.25) is 0 Å². The summed E-state index contributed by atoms with van der Waals surface area (Å²) >= 11 is 0. The SMILES string of the molecule is CCC(C)C1C(C(C)C)C23CC2C13C. The molecule has 80 valence electrons. The van der Waals surface area contributed by atoms with Gasteiger partial charge in [-0.05, 0) is 46.8 Å². The van der Waals surface area contributed by atoms with E-state index in [1.807, 2.05) is 0 Å². The molecule has 6 atom stereocenters. The molecule has 6 unspecified atom stereocenters. The Morgan fingerprint density at radius 2 is 1.86 bits per heavy atom. The molecule has 0 bridgehead atoms. The van der Waals surface area contributed by atoms with E-state index in [0.717, 1.165) is 40.4 Å². The van der Waals surface area contributed by atoms with Gasteiger partial charge in [-0.2, -0.15) is 0 Å². The molecular formula is C14H24. The van der Waals surface area contributed by atoms with Crippen LogP contribution in [0.15, 0.2) is 0 Å². The lowest BCUT2D eigenvalue weighted by atomic mass is 9.49. The molecule has 0 aromatic rings. The first kappa shape index (κ1) is 9.24. The number of fused-ring (bicyclic) bond motifs is 1. The average molecular weight is 192 g/mol. The smallest absolute Gasteiger partial charge is 0.0167 e. The Hall–Kier alpha value is 0. The average Bonchev–Trinajstić information content (AvgIpc) is 2.97. The van der Waals surface area contributed by atoms with Gasteiger partial charge in [0.05, 0.1) is 0 Å². The second-order valence-corrected chi connectivity index (χ2v) is 6.76. The molecule has 1 spiro atoms. The minimum absolute atomic E-state index is 0.817. The van der Waals surface area contributed by atoms with Crippen molar-refractivity contribution in [2.24, 2.45) is 40.4 Å². The van der Waals surface area contributed by atoms with Crippen molar-refractivity contribution in [3.63, 3.8) is 0 Å². The summed E-state index contributed by atoms with van der Waals surface area (Å²) in [6.07, 6.45) is 2.96. The van der Waals surface area contributed by atoms with E-state index in [9.17, 15) is 0 Å². The maximum atomic E-state index is 2.58. The van der Waals surface area contributed by atoms with Gasteiger partial charge in [0.15, 0.2) is 0 Å². The van der Waals surface area contributed by atoms with Gasteiger partial charge in [0.25, 0.3) is 0 Å². The van der Waals surface area contributed by atoms with Crippen molar-refractivity contribution in [2.45, 2.75) is 47.5 Å². The van der Waals surface area contributed by atoms with Crippen molar-refractivity contribution in [3.8, 4) is 0 Å². The first-order valence-corrected chi connectivity index (χ1v) is 6.51. The van der Waals surface area contributed by atoms with Crippen LogP contribution in [0.4, 0.5) is 0 Å². The highest BCUT2D eigenvalue weighted by Crippen LogP contribution is 3.02. The summed E-state index contributed by atoms with van der Waals surface area (Å²) in [5.74, 6) is 5.18. The van der Waals surface area contributed by atoms with E-state index >= 15 is 0 Å². The van der Waals surface area contributed by atoms with Crippen LogP contribution in [0.25, 0.3) is 0 Å². The third-order valence-electron chi connectivity index (χ3n) is 6.30. The van der Waals surface area contributed by atoms with Crippen molar-refractivity contribution >= 4 is 0 Å². The van der Waals surface area contributed by atoms with Crippen molar-refractivity contribution < 1.29 is 0 Å². The standard InChI is InChI=1S/C14H24/c1-6-9(4)12-11(8(2)3)14-7-10(14)13(12,14)5/h8-12H,6-7H2,1-5H3. The van der Waals surface area contributed by atoms with Gasteiger partial charge < -0.3 is 0 Å². The fraction of sp³-hybridized carbons (Fsp3) is 1.00. The summed E-state index contributed by atoms with van der Waals surface area (Å²) in [6, 6.07) is 0. The fourth-order valence-corrected chi connectivity index (χ4v) is 5.51. The van der Waals surface area contributed by atoms with Gasteiger partial charge in [-0.1, -0.05) is 41.0 Å². The second-order valence-electron chi connectivity index (χ2n) is 6.76. The molecule has 3 saturated carbocycles. The first-order chi connectivity index (χ1) is 6.51. The van der Waals surface area contributed by atoms with Gasteiger partial charge in [0.1, 0.15) is 0 Å². The van der Waals surface area contributed by atoms with Crippen molar-refractivity contribution in [1.29, 1.82) is 0 Å². The molecule has 0 nitrogen and oxygen atoms in total.